The highest BCUT2D eigenvalue weighted by molar-refractivity contribution is 5.76. The molecule has 1 heterocycles. The van der Waals surface area contributed by atoms with E-state index in [1.54, 1.807) is 6.08 Å². The largest absolute Gasteiger partial charge is 0.394 e. The minimum atomic E-state index is -1.57. The van der Waals surface area contributed by atoms with Crippen LogP contribution in [0.4, 0.5) is 0 Å². The zero-order valence-electron chi connectivity index (χ0n) is 44.4. The zero-order valence-corrected chi connectivity index (χ0v) is 44.4. The fourth-order valence-corrected chi connectivity index (χ4v) is 9.29. The van der Waals surface area contributed by atoms with Gasteiger partial charge in [0, 0.05) is 6.42 Å². The number of ether oxygens (including phenoxy) is 2. The molecule has 0 saturated carbocycles. The lowest BCUT2D eigenvalue weighted by atomic mass is 9.99. The first-order chi connectivity index (χ1) is 33.3. The summed E-state index contributed by atoms with van der Waals surface area (Å²) in [7, 11) is 0. The summed E-state index contributed by atoms with van der Waals surface area (Å²) in [5.41, 5.74) is 0. The van der Waals surface area contributed by atoms with Gasteiger partial charge in [0.05, 0.1) is 25.4 Å². The van der Waals surface area contributed by atoms with Gasteiger partial charge in [0.1, 0.15) is 24.4 Å². The average Bonchev–Trinajstić information content (AvgIpc) is 3.34. The molecule has 0 aromatic heterocycles. The summed E-state index contributed by atoms with van der Waals surface area (Å²) in [6.07, 6.45) is 56.4. The van der Waals surface area contributed by atoms with Gasteiger partial charge in [-0.2, -0.15) is 0 Å². The Morgan fingerprint density at radius 3 is 1.24 bits per heavy atom. The Hall–Kier alpha value is -1.59. The Labute approximate surface area is 419 Å². The van der Waals surface area contributed by atoms with Crippen molar-refractivity contribution in [1.82, 2.24) is 5.32 Å². The predicted octanol–water partition coefficient (Wildman–Crippen LogP) is 14.4. The maximum atomic E-state index is 13.0. The van der Waals surface area contributed by atoms with Crippen LogP contribution in [-0.2, 0) is 14.3 Å². The minimum Gasteiger partial charge on any atom is -0.394 e. The first-order valence-corrected chi connectivity index (χ1v) is 29.2. The lowest BCUT2D eigenvalue weighted by Crippen LogP contribution is -2.60. The van der Waals surface area contributed by atoms with Gasteiger partial charge in [-0.05, 0) is 57.8 Å². The normalized spacial score (nSPS) is 19.8. The molecule has 0 spiro atoms. The van der Waals surface area contributed by atoms with Gasteiger partial charge in [-0.15, -0.1) is 0 Å². The molecule has 1 saturated heterocycles. The van der Waals surface area contributed by atoms with E-state index < -0.39 is 49.5 Å². The molecule has 6 N–H and O–H groups in total. The van der Waals surface area contributed by atoms with Crippen molar-refractivity contribution in [3.8, 4) is 0 Å². The van der Waals surface area contributed by atoms with Crippen LogP contribution < -0.4 is 5.32 Å². The molecule has 0 bridgehead atoms. The Balaban J connectivity index is 2.25. The smallest absolute Gasteiger partial charge is 0.220 e. The van der Waals surface area contributed by atoms with E-state index >= 15 is 0 Å². The number of unbranched alkanes of at least 4 members (excludes halogenated alkanes) is 36. The van der Waals surface area contributed by atoms with E-state index in [9.17, 15) is 30.3 Å². The van der Waals surface area contributed by atoms with Gasteiger partial charge in [0.25, 0.3) is 0 Å². The summed E-state index contributed by atoms with van der Waals surface area (Å²) in [6, 6.07) is -0.824. The Morgan fingerprint density at radius 2 is 0.838 bits per heavy atom. The van der Waals surface area contributed by atoms with Crippen molar-refractivity contribution < 1.29 is 39.8 Å². The van der Waals surface area contributed by atoms with Gasteiger partial charge >= 0.3 is 0 Å². The van der Waals surface area contributed by atoms with Crippen LogP contribution in [0.2, 0.25) is 0 Å². The van der Waals surface area contributed by atoms with E-state index in [4.69, 9.17) is 9.47 Å². The van der Waals surface area contributed by atoms with E-state index in [0.29, 0.717) is 6.42 Å². The number of rotatable bonds is 50. The Bertz CT molecular complexity index is 1160. The lowest BCUT2D eigenvalue weighted by Gasteiger charge is -2.40. The quantitative estimate of drug-likeness (QED) is 0.0261. The third-order valence-electron chi connectivity index (χ3n) is 13.9. The Morgan fingerprint density at radius 1 is 0.485 bits per heavy atom. The first-order valence-electron chi connectivity index (χ1n) is 29.2. The summed E-state index contributed by atoms with van der Waals surface area (Å²) >= 11 is 0. The van der Waals surface area contributed by atoms with Crippen LogP contribution in [0.3, 0.4) is 0 Å². The van der Waals surface area contributed by atoms with Crippen LogP contribution in [0.15, 0.2) is 36.5 Å². The third-order valence-corrected chi connectivity index (χ3v) is 13.9. The molecule has 0 aromatic rings. The van der Waals surface area contributed by atoms with Crippen molar-refractivity contribution in [2.24, 2.45) is 0 Å². The molecule has 1 fully saturated rings. The second-order valence-electron chi connectivity index (χ2n) is 20.4. The molecule has 1 aliphatic heterocycles. The number of amides is 1. The standard InChI is InChI=1S/C59H111NO8/c1-3-5-7-9-11-13-15-17-19-21-23-25-26-27-29-30-32-34-36-38-40-42-44-46-48-53(62)52(51-67-59-58(66)57(65)56(64)54(50-61)68-59)60-55(63)49-47-45-43-41-39-37-35-33-31-28-24-22-20-18-16-14-12-10-8-6-4-2/h28,31,38,40,46,48,52-54,56-59,61-62,64-66H,3-27,29-30,32-37,39,41-45,47,49-51H2,1-2H3,(H,60,63)/b31-28-,40-38+,48-46+. The highest BCUT2D eigenvalue weighted by atomic mass is 16.7. The second-order valence-corrected chi connectivity index (χ2v) is 20.4. The maximum absolute atomic E-state index is 13.0. The fraction of sp³-hybridized carbons (Fsp3) is 0.881. The number of aliphatic hydroxyl groups is 5. The predicted molar refractivity (Wildman–Crippen MR) is 286 cm³/mol. The van der Waals surface area contributed by atoms with Crippen molar-refractivity contribution in [2.75, 3.05) is 13.2 Å². The van der Waals surface area contributed by atoms with E-state index in [1.165, 1.54) is 205 Å². The van der Waals surface area contributed by atoms with Crippen molar-refractivity contribution in [3.05, 3.63) is 36.5 Å². The van der Waals surface area contributed by atoms with Crippen molar-refractivity contribution in [3.63, 3.8) is 0 Å². The zero-order chi connectivity index (χ0) is 49.4. The molecule has 0 aromatic carbocycles. The molecule has 1 aliphatic rings. The average molecular weight is 963 g/mol. The highest BCUT2D eigenvalue weighted by Gasteiger charge is 2.44. The first kappa shape index (κ1) is 64.4. The number of aliphatic hydroxyl groups excluding tert-OH is 5. The molecule has 9 heteroatoms. The van der Waals surface area contributed by atoms with Gasteiger partial charge in [-0.25, -0.2) is 0 Å². The SMILES string of the molecule is CCCCCCCCCCCC/C=C\CCCCCCCCCC(=O)NC(COC1OC(CO)C(O)C(O)C1O)C(O)/C=C/CC/C=C/CCCCCCCCCCCCCCCCCCCC. The summed E-state index contributed by atoms with van der Waals surface area (Å²) in [6.45, 7) is 3.79. The molecule has 7 unspecified atom stereocenters. The van der Waals surface area contributed by atoms with Crippen LogP contribution in [0.1, 0.15) is 277 Å². The topological polar surface area (TPSA) is 149 Å². The number of carbonyl (C=O) groups is 1. The third kappa shape index (κ3) is 38.1. The van der Waals surface area contributed by atoms with Crippen LogP contribution in [0.5, 0.6) is 0 Å². The molecule has 9 nitrogen and oxygen atoms in total. The van der Waals surface area contributed by atoms with E-state index in [2.05, 4.69) is 43.5 Å². The summed E-state index contributed by atoms with van der Waals surface area (Å²) < 4.78 is 11.3. The van der Waals surface area contributed by atoms with Crippen LogP contribution in [0, 0.1) is 0 Å². The van der Waals surface area contributed by atoms with Crippen LogP contribution in [0.25, 0.3) is 0 Å². The summed E-state index contributed by atoms with van der Waals surface area (Å²) in [4.78, 5) is 13.0. The number of carbonyl (C=O) groups excluding carboxylic acids is 1. The summed E-state index contributed by atoms with van der Waals surface area (Å²) in [5, 5.41) is 54.5. The number of nitrogens with one attached hydrogen (secondary N) is 1. The fourth-order valence-electron chi connectivity index (χ4n) is 9.29. The van der Waals surface area contributed by atoms with Gasteiger partial charge in [0.15, 0.2) is 6.29 Å². The number of allylic oxidation sites excluding steroid dienone is 5. The van der Waals surface area contributed by atoms with E-state index in [0.717, 1.165) is 51.4 Å². The maximum Gasteiger partial charge on any atom is 0.220 e. The molecule has 1 rings (SSSR count). The number of hydrogen-bond acceptors (Lipinski definition) is 8. The van der Waals surface area contributed by atoms with Crippen molar-refractivity contribution in [1.29, 1.82) is 0 Å². The lowest BCUT2D eigenvalue weighted by molar-refractivity contribution is -0.302. The minimum absolute atomic E-state index is 0.188. The summed E-state index contributed by atoms with van der Waals surface area (Å²) in [5.74, 6) is -0.188. The molecule has 0 radical (unpaired) electrons. The van der Waals surface area contributed by atoms with Crippen LogP contribution >= 0.6 is 0 Å². The molecule has 400 valence electrons. The molecule has 68 heavy (non-hydrogen) atoms. The van der Waals surface area contributed by atoms with Gasteiger partial charge in [-0.3, -0.25) is 4.79 Å². The number of hydrogen-bond donors (Lipinski definition) is 6. The van der Waals surface area contributed by atoms with Crippen molar-refractivity contribution >= 4 is 5.91 Å². The molecular weight excluding hydrogens is 851 g/mol. The monoisotopic (exact) mass is 962 g/mol. The molecule has 7 atom stereocenters. The van der Waals surface area contributed by atoms with Gasteiger partial charge < -0.3 is 40.3 Å². The van der Waals surface area contributed by atoms with Crippen LogP contribution in [-0.4, -0.2) is 87.5 Å². The van der Waals surface area contributed by atoms with E-state index in [1.807, 2.05) is 6.08 Å². The second kappa shape index (κ2) is 49.0. The highest BCUT2D eigenvalue weighted by Crippen LogP contribution is 2.23. The van der Waals surface area contributed by atoms with E-state index in [-0.39, 0.29) is 12.5 Å². The molecular formula is C59H111NO8. The molecule has 0 aliphatic carbocycles. The van der Waals surface area contributed by atoms with Crippen molar-refractivity contribution in [2.45, 2.75) is 320 Å². The van der Waals surface area contributed by atoms with Gasteiger partial charge in [-0.1, -0.05) is 249 Å². The molecule has 1 amide bonds. The Kier molecular flexibility index (Phi) is 46.4. The van der Waals surface area contributed by atoms with Gasteiger partial charge in [0.2, 0.25) is 5.91 Å².